The maximum Gasteiger partial charge on any atom is 0.0924 e. The van der Waals surface area contributed by atoms with Gasteiger partial charge < -0.3 is 5.32 Å². The number of aromatic nitrogens is 2. The van der Waals surface area contributed by atoms with Crippen molar-refractivity contribution in [2.75, 3.05) is 0 Å². The van der Waals surface area contributed by atoms with Gasteiger partial charge in [0.1, 0.15) is 0 Å². The zero-order valence-corrected chi connectivity index (χ0v) is 11.0. The lowest BCUT2D eigenvalue weighted by Gasteiger charge is -2.02. The van der Waals surface area contributed by atoms with E-state index in [9.17, 15) is 0 Å². The topological polar surface area (TPSA) is 40.7 Å². The Labute approximate surface area is 108 Å². The summed E-state index contributed by atoms with van der Waals surface area (Å²) in [6.45, 7) is 5.16. The summed E-state index contributed by atoms with van der Waals surface area (Å²) in [6, 6.07) is 9.36. The molecule has 3 nitrogen and oxygen atoms in total. The fourth-order valence-corrected chi connectivity index (χ4v) is 2.04. The van der Waals surface area contributed by atoms with E-state index in [2.05, 4.69) is 53.6 Å². The monoisotopic (exact) mass is 241 g/mol. The molecule has 0 unspecified atom stereocenters. The van der Waals surface area contributed by atoms with E-state index in [1.807, 2.05) is 0 Å². The van der Waals surface area contributed by atoms with Gasteiger partial charge in [-0.25, -0.2) is 0 Å². The lowest BCUT2D eigenvalue weighted by Crippen LogP contribution is -2.15. The van der Waals surface area contributed by atoms with Crippen LogP contribution in [-0.2, 0) is 6.54 Å². The lowest BCUT2D eigenvalue weighted by molar-refractivity contribution is 0.672. The van der Waals surface area contributed by atoms with Crippen molar-refractivity contribution >= 4 is 0 Å². The van der Waals surface area contributed by atoms with Crippen LogP contribution in [0.25, 0.3) is 11.3 Å². The molecule has 1 heterocycles. The van der Waals surface area contributed by atoms with Gasteiger partial charge in [0, 0.05) is 23.8 Å². The zero-order chi connectivity index (χ0) is 12.5. The Hall–Kier alpha value is -1.61. The Morgan fingerprint density at radius 1 is 1.22 bits per heavy atom. The second-order valence-corrected chi connectivity index (χ2v) is 5.23. The average Bonchev–Trinajstić information content (AvgIpc) is 3.08. The molecule has 18 heavy (non-hydrogen) atoms. The molecule has 1 saturated carbocycles. The Bertz CT molecular complexity index is 553. The fourth-order valence-electron chi connectivity index (χ4n) is 2.04. The van der Waals surface area contributed by atoms with Gasteiger partial charge in [-0.1, -0.05) is 12.1 Å². The molecule has 1 aromatic heterocycles. The minimum absolute atomic E-state index is 0.735. The van der Waals surface area contributed by atoms with Crippen molar-refractivity contribution in [1.29, 1.82) is 0 Å². The summed E-state index contributed by atoms with van der Waals surface area (Å²) in [4.78, 5) is 0. The molecule has 1 aliphatic carbocycles. The summed E-state index contributed by atoms with van der Waals surface area (Å²) in [6.07, 6.45) is 2.64. The van der Waals surface area contributed by atoms with Gasteiger partial charge in [0.2, 0.25) is 0 Å². The maximum atomic E-state index is 4.39. The van der Waals surface area contributed by atoms with Crippen molar-refractivity contribution in [3.63, 3.8) is 0 Å². The molecule has 2 aromatic rings. The quantitative estimate of drug-likeness (QED) is 0.864. The summed E-state index contributed by atoms with van der Waals surface area (Å²) in [7, 11) is 0. The van der Waals surface area contributed by atoms with Gasteiger partial charge in [0.15, 0.2) is 0 Å². The molecule has 3 heteroatoms. The first-order valence-electron chi connectivity index (χ1n) is 6.57. The second-order valence-electron chi connectivity index (χ2n) is 5.23. The van der Waals surface area contributed by atoms with Crippen LogP contribution < -0.4 is 5.32 Å². The van der Waals surface area contributed by atoms with Gasteiger partial charge in [-0.2, -0.15) is 5.10 Å². The van der Waals surface area contributed by atoms with Gasteiger partial charge >= 0.3 is 0 Å². The second kappa shape index (κ2) is 4.58. The van der Waals surface area contributed by atoms with Gasteiger partial charge in [-0.05, 0) is 49.9 Å². The Kier molecular flexibility index (Phi) is 2.92. The third kappa shape index (κ3) is 2.46. The summed E-state index contributed by atoms with van der Waals surface area (Å²) >= 11 is 0. The zero-order valence-electron chi connectivity index (χ0n) is 11.0. The first kappa shape index (κ1) is 11.5. The molecule has 1 aliphatic rings. The Morgan fingerprint density at radius 2 is 2.06 bits per heavy atom. The molecule has 0 bridgehead atoms. The highest BCUT2D eigenvalue weighted by atomic mass is 15.1. The van der Waals surface area contributed by atoms with Crippen LogP contribution in [-0.4, -0.2) is 16.2 Å². The van der Waals surface area contributed by atoms with Crippen LogP contribution in [0.3, 0.4) is 0 Å². The number of aromatic amines is 1. The smallest absolute Gasteiger partial charge is 0.0924 e. The molecule has 3 rings (SSSR count). The minimum atomic E-state index is 0.735. The van der Waals surface area contributed by atoms with Crippen molar-refractivity contribution in [3.8, 4) is 11.3 Å². The van der Waals surface area contributed by atoms with Crippen LogP contribution >= 0.6 is 0 Å². The van der Waals surface area contributed by atoms with Gasteiger partial charge in [-0.15, -0.1) is 0 Å². The van der Waals surface area contributed by atoms with Crippen molar-refractivity contribution in [3.05, 3.63) is 41.1 Å². The van der Waals surface area contributed by atoms with Crippen molar-refractivity contribution in [1.82, 2.24) is 15.5 Å². The number of nitrogens with one attached hydrogen (secondary N) is 2. The van der Waals surface area contributed by atoms with Crippen molar-refractivity contribution in [2.45, 2.75) is 39.3 Å². The fraction of sp³-hybridized carbons (Fsp3) is 0.400. The van der Waals surface area contributed by atoms with E-state index in [1.165, 1.54) is 29.5 Å². The molecule has 2 N–H and O–H groups in total. The minimum Gasteiger partial charge on any atom is -0.308 e. The molecule has 94 valence electrons. The van der Waals surface area contributed by atoms with E-state index in [0.717, 1.165) is 24.0 Å². The van der Waals surface area contributed by atoms with Gasteiger partial charge in [0.05, 0.1) is 5.69 Å². The third-order valence-corrected chi connectivity index (χ3v) is 3.59. The van der Waals surface area contributed by atoms with Crippen LogP contribution in [0.15, 0.2) is 24.3 Å². The molecule has 0 saturated heterocycles. The molecule has 0 aliphatic heterocycles. The molecule has 0 atom stereocenters. The highest BCUT2D eigenvalue weighted by molar-refractivity contribution is 5.61. The molecule has 1 aromatic carbocycles. The van der Waals surface area contributed by atoms with Crippen molar-refractivity contribution in [2.24, 2.45) is 0 Å². The first-order valence-corrected chi connectivity index (χ1v) is 6.57. The van der Waals surface area contributed by atoms with E-state index in [0.29, 0.717) is 0 Å². The highest BCUT2D eigenvalue weighted by Gasteiger charge is 2.20. The number of hydrogen-bond acceptors (Lipinski definition) is 2. The molecule has 0 radical (unpaired) electrons. The van der Waals surface area contributed by atoms with Gasteiger partial charge in [0.25, 0.3) is 0 Å². The van der Waals surface area contributed by atoms with E-state index in [-0.39, 0.29) is 0 Å². The summed E-state index contributed by atoms with van der Waals surface area (Å²) in [5.41, 5.74) is 6.02. The van der Waals surface area contributed by atoms with Crippen molar-refractivity contribution < 1.29 is 0 Å². The lowest BCUT2D eigenvalue weighted by atomic mass is 10.0. The standard InChI is InChI=1S/C15H19N3/c1-10-3-4-12(7-11(10)2)15-8-14(17-18-15)9-16-13-5-6-13/h3-4,7-8,13,16H,5-6,9H2,1-2H3,(H,17,18). The number of H-pyrrole nitrogens is 1. The Morgan fingerprint density at radius 3 is 2.78 bits per heavy atom. The molecule has 0 amide bonds. The van der Waals surface area contributed by atoms with E-state index < -0.39 is 0 Å². The number of rotatable bonds is 4. The number of hydrogen-bond donors (Lipinski definition) is 2. The summed E-state index contributed by atoms with van der Waals surface area (Å²) in [5.74, 6) is 0. The highest BCUT2D eigenvalue weighted by Crippen LogP contribution is 2.22. The third-order valence-electron chi connectivity index (χ3n) is 3.59. The Balaban J connectivity index is 1.76. The summed E-state index contributed by atoms with van der Waals surface area (Å²) in [5, 5.41) is 11.0. The van der Waals surface area contributed by atoms with Crippen LogP contribution in [0.4, 0.5) is 0 Å². The average molecular weight is 241 g/mol. The summed E-state index contributed by atoms with van der Waals surface area (Å²) < 4.78 is 0. The first-order chi connectivity index (χ1) is 8.72. The normalized spacial score (nSPS) is 15.0. The molecular formula is C15H19N3. The predicted molar refractivity (Wildman–Crippen MR) is 73.4 cm³/mol. The van der Waals surface area contributed by atoms with Crippen LogP contribution in [0.2, 0.25) is 0 Å². The van der Waals surface area contributed by atoms with Crippen LogP contribution in [0.5, 0.6) is 0 Å². The molecule has 0 spiro atoms. The number of nitrogens with zero attached hydrogens (tertiary/aromatic N) is 1. The van der Waals surface area contributed by atoms with E-state index >= 15 is 0 Å². The number of aryl methyl sites for hydroxylation is 2. The maximum absolute atomic E-state index is 4.39. The van der Waals surface area contributed by atoms with E-state index in [4.69, 9.17) is 0 Å². The number of benzene rings is 1. The predicted octanol–water partition coefficient (Wildman–Crippen LogP) is 2.95. The molecular weight excluding hydrogens is 222 g/mol. The molecule has 1 fully saturated rings. The SMILES string of the molecule is Cc1ccc(-c2cc(CNC3CC3)[nH]n2)cc1C. The van der Waals surface area contributed by atoms with Crippen LogP contribution in [0, 0.1) is 13.8 Å². The van der Waals surface area contributed by atoms with Crippen LogP contribution in [0.1, 0.15) is 29.7 Å². The largest absolute Gasteiger partial charge is 0.308 e. The van der Waals surface area contributed by atoms with E-state index in [1.54, 1.807) is 0 Å². The van der Waals surface area contributed by atoms with Gasteiger partial charge in [-0.3, -0.25) is 5.10 Å².